The lowest BCUT2D eigenvalue weighted by Gasteiger charge is -2.34. The molecule has 4 heterocycles. The van der Waals surface area contributed by atoms with Gasteiger partial charge in [0.2, 0.25) is 0 Å². The van der Waals surface area contributed by atoms with Gasteiger partial charge >= 0.3 is 0 Å². The molecule has 1 N–H and O–H groups in total. The largest absolute Gasteiger partial charge is 0.487 e. The van der Waals surface area contributed by atoms with Crippen LogP contribution in [0.1, 0.15) is 49.9 Å². The maximum absolute atomic E-state index is 13.5. The summed E-state index contributed by atoms with van der Waals surface area (Å²) in [6, 6.07) is 12.5. The molecule has 0 unspecified atom stereocenters. The highest BCUT2D eigenvalue weighted by Crippen LogP contribution is 2.45. The maximum Gasteiger partial charge on any atom is 0.142 e. The summed E-state index contributed by atoms with van der Waals surface area (Å²) in [5.41, 5.74) is 5.24. The van der Waals surface area contributed by atoms with Crippen LogP contribution in [-0.4, -0.2) is 43.8 Å². The molecule has 10 heteroatoms. The predicted molar refractivity (Wildman–Crippen MR) is 176 cm³/mol. The van der Waals surface area contributed by atoms with Crippen LogP contribution in [0.4, 0.5) is 15.9 Å². The number of ether oxygens (including phenoxy) is 1. The average Bonchev–Trinajstić information content (AvgIpc) is 3.62. The third-order valence-corrected chi connectivity index (χ3v) is 10.4. The van der Waals surface area contributed by atoms with E-state index in [-0.39, 0.29) is 12.4 Å². The zero-order chi connectivity index (χ0) is 30.2. The van der Waals surface area contributed by atoms with Crippen LogP contribution >= 0.6 is 22.9 Å². The van der Waals surface area contributed by atoms with Crippen molar-refractivity contribution < 1.29 is 9.13 Å². The van der Waals surface area contributed by atoms with E-state index in [0.29, 0.717) is 16.8 Å². The van der Waals surface area contributed by atoms with Crippen LogP contribution in [0.25, 0.3) is 20.7 Å². The van der Waals surface area contributed by atoms with Crippen molar-refractivity contribution in [3.63, 3.8) is 0 Å². The Morgan fingerprint density at radius 3 is 2.77 bits per heavy atom. The van der Waals surface area contributed by atoms with Gasteiger partial charge in [-0.1, -0.05) is 23.7 Å². The minimum atomic E-state index is -0.290. The first-order valence-electron chi connectivity index (χ1n) is 15.4. The lowest BCUT2D eigenvalue weighted by molar-refractivity contribution is 0.143. The van der Waals surface area contributed by atoms with E-state index in [4.69, 9.17) is 21.4 Å². The van der Waals surface area contributed by atoms with Crippen LogP contribution in [0.2, 0.25) is 5.02 Å². The van der Waals surface area contributed by atoms with Crippen molar-refractivity contribution in [2.45, 2.75) is 65.1 Å². The second kappa shape index (κ2) is 12.5. The number of aromatic nitrogens is 4. The van der Waals surface area contributed by atoms with Crippen molar-refractivity contribution in [2.24, 2.45) is 5.92 Å². The molecule has 2 aliphatic rings. The van der Waals surface area contributed by atoms with Gasteiger partial charge in [0.1, 0.15) is 35.1 Å². The second-order valence-electron chi connectivity index (χ2n) is 12.1. The van der Waals surface area contributed by atoms with Gasteiger partial charge in [-0.15, -0.1) is 11.3 Å². The van der Waals surface area contributed by atoms with E-state index in [1.807, 2.05) is 24.3 Å². The van der Waals surface area contributed by atoms with Gasteiger partial charge in [0.05, 0.1) is 16.1 Å². The number of hydrogen-bond acceptors (Lipinski definition) is 7. The lowest BCUT2D eigenvalue weighted by Crippen LogP contribution is -2.38. The highest BCUT2D eigenvalue weighted by molar-refractivity contribution is 7.22. The van der Waals surface area contributed by atoms with E-state index in [0.717, 1.165) is 52.6 Å². The molecule has 44 heavy (non-hydrogen) atoms. The zero-order valence-electron chi connectivity index (χ0n) is 25.0. The molecule has 0 amide bonds. The molecule has 7 nitrogen and oxygen atoms in total. The van der Waals surface area contributed by atoms with Crippen molar-refractivity contribution in [3.8, 4) is 16.2 Å². The summed E-state index contributed by atoms with van der Waals surface area (Å²) in [6.07, 6.45) is 9.42. The Balaban J connectivity index is 1.06. The van der Waals surface area contributed by atoms with Crippen molar-refractivity contribution in [2.75, 3.05) is 18.4 Å². The number of nitrogens with one attached hydrogen (secondary N) is 1. The summed E-state index contributed by atoms with van der Waals surface area (Å²) < 4.78 is 21.5. The normalized spacial score (nSPS) is 15.5. The standard InChI is InChI=1S/C34H36ClFN6OS/c1-21(2)41-13-10-22(11-14-41)12-15-42-18-27-29(40-42)8-7-26-31-33(37-20-38-34(31)44-32(26)27)39-25-6-9-30(28(35)17-25)43-19-23-4-3-5-24(36)16-23/h3-6,9,16-18,20-22H,7-8,10-15,19H2,1-2H3,(H,37,38,39). The molecule has 3 aromatic heterocycles. The van der Waals surface area contributed by atoms with E-state index in [1.54, 1.807) is 23.7 Å². The number of aryl methyl sites for hydroxylation is 3. The Hall–Kier alpha value is -3.53. The van der Waals surface area contributed by atoms with Crippen molar-refractivity contribution in [1.29, 1.82) is 0 Å². The number of halogens is 2. The Labute approximate surface area is 266 Å². The Morgan fingerprint density at radius 2 is 1.98 bits per heavy atom. The minimum absolute atomic E-state index is 0.230. The number of nitrogens with zero attached hydrogens (tertiary/aromatic N) is 5. The van der Waals surface area contributed by atoms with Gasteiger partial charge in [0.25, 0.3) is 0 Å². The maximum atomic E-state index is 13.5. The van der Waals surface area contributed by atoms with Gasteiger partial charge in [-0.2, -0.15) is 5.10 Å². The summed E-state index contributed by atoms with van der Waals surface area (Å²) >= 11 is 8.29. The molecule has 1 saturated heterocycles. The first-order valence-corrected chi connectivity index (χ1v) is 16.6. The van der Waals surface area contributed by atoms with Crippen LogP contribution in [0.15, 0.2) is 55.0 Å². The SMILES string of the molecule is CC(C)N1CCC(CCn2cc3c(n2)CCc2c-3sc3ncnc(Nc4ccc(OCc5cccc(F)c5)c(Cl)c4)c23)CC1. The third kappa shape index (κ3) is 6.05. The highest BCUT2D eigenvalue weighted by Gasteiger charge is 2.27. The molecule has 0 bridgehead atoms. The number of anilines is 2. The summed E-state index contributed by atoms with van der Waals surface area (Å²) in [4.78, 5) is 14.1. The first kappa shape index (κ1) is 29.2. The van der Waals surface area contributed by atoms with Gasteiger partial charge < -0.3 is 15.0 Å². The number of rotatable bonds is 9. The van der Waals surface area contributed by atoms with Crippen molar-refractivity contribution in [1.82, 2.24) is 24.6 Å². The van der Waals surface area contributed by atoms with Crippen LogP contribution in [0, 0.1) is 11.7 Å². The van der Waals surface area contributed by atoms with E-state index in [2.05, 4.69) is 44.9 Å². The fourth-order valence-electron chi connectivity index (χ4n) is 6.43. The zero-order valence-corrected chi connectivity index (χ0v) is 26.6. The van der Waals surface area contributed by atoms with Crippen LogP contribution in [-0.2, 0) is 26.0 Å². The van der Waals surface area contributed by atoms with Crippen LogP contribution in [0.5, 0.6) is 5.75 Å². The molecule has 5 aromatic rings. The van der Waals surface area contributed by atoms with Gasteiger partial charge in [-0.25, -0.2) is 14.4 Å². The lowest BCUT2D eigenvalue weighted by atomic mass is 9.93. The molecule has 2 aromatic carbocycles. The Bertz CT molecular complexity index is 1790. The Kier molecular flexibility index (Phi) is 8.27. The number of thiophene rings is 1. The van der Waals surface area contributed by atoms with E-state index >= 15 is 0 Å². The van der Waals surface area contributed by atoms with Crippen molar-refractivity contribution in [3.05, 3.63) is 82.6 Å². The molecular formula is C34H36ClFN6OS. The number of piperidine rings is 1. The quantitative estimate of drug-likeness (QED) is 0.177. The Morgan fingerprint density at radius 1 is 1.11 bits per heavy atom. The topological polar surface area (TPSA) is 68.1 Å². The number of hydrogen-bond donors (Lipinski definition) is 1. The van der Waals surface area contributed by atoms with Crippen LogP contribution < -0.4 is 10.1 Å². The van der Waals surface area contributed by atoms with E-state index in [9.17, 15) is 4.39 Å². The summed E-state index contributed by atoms with van der Waals surface area (Å²) in [6.45, 7) is 8.21. The van der Waals surface area contributed by atoms with Crippen LogP contribution in [0.3, 0.4) is 0 Å². The molecule has 0 saturated carbocycles. The predicted octanol–water partition coefficient (Wildman–Crippen LogP) is 8.28. The smallest absolute Gasteiger partial charge is 0.142 e. The fourth-order valence-corrected chi connectivity index (χ4v) is 7.89. The molecule has 228 valence electrons. The van der Waals surface area contributed by atoms with E-state index in [1.165, 1.54) is 66.2 Å². The monoisotopic (exact) mass is 630 g/mol. The van der Waals surface area contributed by atoms with Crippen molar-refractivity contribution >= 4 is 44.7 Å². The average molecular weight is 631 g/mol. The summed E-state index contributed by atoms with van der Waals surface area (Å²) in [5.74, 6) is 1.78. The summed E-state index contributed by atoms with van der Waals surface area (Å²) in [7, 11) is 0. The molecule has 1 aliphatic heterocycles. The number of likely N-dealkylation sites (tertiary alicyclic amines) is 1. The molecule has 7 rings (SSSR count). The van der Waals surface area contributed by atoms with Gasteiger partial charge in [0, 0.05) is 34.9 Å². The molecule has 0 atom stereocenters. The van der Waals surface area contributed by atoms with Gasteiger partial charge in [-0.3, -0.25) is 4.68 Å². The molecule has 0 spiro atoms. The molecular weight excluding hydrogens is 595 g/mol. The molecule has 0 radical (unpaired) electrons. The first-order chi connectivity index (χ1) is 21.4. The number of fused-ring (bicyclic) bond motifs is 5. The third-order valence-electron chi connectivity index (χ3n) is 8.91. The van der Waals surface area contributed by atoms with Gasteiger partial charge in [-0.05, 0) is 106 Å². The van der Waals surface area contributed by atoms with Gasteiger partial charge in [0.15, 0.2) is 0 Å². The minimum Gasteiger partial charge on any atom is -0.487 e. The summed E-state index contributed by atoms with van der Waals surface area (Å²) in [5, 5.41) is 10.0. The highest BCUT2D eigenvalue weighted by atomic mass is 35.5. The van der Waals surface area contributed by atoms with E-state index < -0.39 is 0 Å². The number of benzene rings is 2. The fraction of sp³-hybridized carbons (Fsp3) is 0.382. The second-order valence-corrected chi connectivity index (χ2v) is 13.5. The molecule has 1 aliphatic carbocycles. The molecule has 1 fully saturated rings.